The van der Waals surface area contributed by atoms with E-state index >= 15 is 0 Å². The number of rotatable bonds is 1. The number of para-hydroxylation sites is 1. The summed E-state index contributed by atoms with van der Waals surface area (Å²) in [6.07, 6.45) is 5.30. The van der Waals surface area contributed by atoms with Crippen LogP contribution in [0, 0.1) is 0 Å². The van der Waals surface area contributed by atoms with E-state index in [0.29, 0.717) is 11.3 Å². The lowest BCUT2D eigenvalue weighted by molar-refractivity contribution is 1.07. The van der Waals surface area contributed by atoms with Crippen molar-refractivity contribution in [2.45, 2.75) is 0 Å². The van der Waals surface area contributed by atoms with E-state index in [1.165, 1.54) is 0 Å². The van der Waals surface area contributed by atoms with Crippen LogP contribution in [-0.4, -0.2) is 19.5 Å². The number of anilines is 1. The van der Waals surface area contributed by atoms with Crippen molar-refractivity contribution >= 4 is 65.0 Å². The van der Waals surface area contributed by atoms with Crippen molar-refractivity contribution in [3.8, 4) is 5.69 Å². The van der Waals surface area contributed by atoms with E-state index in [1.807, 2.05) is 41.0 Å². The fourth-order valence-corrected chi connectivity index (χ4v) is 2.44. The summed E-state index contributed by atoms with van der Waals surface area (Å²) in [5, 5.41) is 1.03. The molecule has 0 amide bonds. The maximum absolute atomic E-state index is 6.01. The molecule has 4 aromatic rings. The van der Waals surface area contributed by atoms with E-state index in [9.17, 15) is 0 Å². The van der Waals surface area contributed by atoms with Crippen molar-refractivity contribution in [3.63, 3.8) is 0 Å². The van der Waals surface area contributed by atoms with E-state index < -0.39 is 0 Å². The second-order valence-corrected chi connectivity index (χ2v) is 4.54. The average Bonchev–Trinajstić information content (AvgIpc) is 2.94. The number of imidazole rings is 1. The molecular weight excluding hydrogens is 357 g/mol. The van der Waals surface area contributed by atoms with Crippen LogP contribution in [0.5, 0.6) is 0 Å². The van der Waals surface area contributed by atoms with Gasteiger partial charge < -0.3 is 5.73 Å². The van der Waals surface area contributed by atoms with E-state index in [2.05, 4.69) is 15.0 Å². The molecule has 23 heavy (non-hydrogen) atoms. The molecule has 3 aromatic heterocycles. The Morgan fingerprint density at radius 1 is 0.957 bits per heavy atom. The van der Waals surface area contributed by atoms with Gasteiger partial charge in [0.1, 0.15) is 11.8 Å². The van der Waals surface area contributed by atoms with Crippen LogP contribution < -0.4 is 5.73 Å². The van der Waals surface area contributed by atoms with Crippen LogP contribution in [0.25, 0.3) is 27.6 Å². The highest BCUT2D eigenvalue weighted by atomic mass is 35.5. The van der Waals surface area contributed by atoms with Crippen molar-refractivity contribution in [1.82, 2.24) is 19.5 Å². The number of aromatic nitrogens is 4. The molecule has 5 nitrogen and oxygen atoms in total. The van der Waals surface area contributed by atoms with E-state index in [1.54, 1.807) is 18.7 Å². The first kappa shape index (κ1) is 19.0. The summed E-state index contributed by atoms with van der Waals surface area (Å²) in [6, 6.07) is 11.8. The molecule has 0 atom stereocenters. The monoisotopic (exact) mass is 369 g/mol. The Morgan fingerprint density at radius 2 is 1.74 bits per heavy atom. The average molecular weight is 371 g/mol. The molecule has 3 heterocycles. The number of nitrogens with zero attached hydrogens (tertiary/aromatic N) is 4. The van der Waals surface area contributed by atoms with Crippen molar-refractivity contribution < 1.29 is 0 Å². The van der Waals surface area contributed by atoms with Gasteiger partial charge in [0.15, 0.2) is 5.82 Å². The Balaban J connectivity index is 0.000000882. The minimum Gasteiger partial charge on any atom is -0.382 e. The molecule has 120 valence electrons. The highest BCUT2D eigenvalue weighted by Crippen LogP contribution is 2.28. The highest BCUT2D eigenvalue weighted by molar-refractivity contribution is 6.06. The molecule has 0 aliphatic carbocycles. The SMILES string of the molecule is Cl.Cl.Cl.Nc1nc2ccccc2c2c1ncn2-c1cccnc1. The van der Waals surface area contributed by atoms with Crippen LogP contribution in [0.3, 0.4) is 0 Å². The Bertz CT molecular complexity index is 924. The van der Waals surface area contributed by atoms with E-state index in [0.717, 1.165) is 22.1 Å². The number of hydrogen-bond donors (Lipinski definition) is 1. The van der Waals surface area contributed by atoms with Gasteiger partial charge in [-0.25, -0.2) is 9.97 Å². The van der Waals surface area contributed by atoms with Gasteiger partial charge in [0.25, 0.3) is 0 Å². The third-order valence-electron chi connectivity index (χ3n) is 3.33. The summed E-state index contributed by atoms with van der Waals surface area (Å²) in [5.41, 5.74) is 9.50. The van der Waals surface area contributed by atoms with Gasteiger partial charge in [-0.3, -0.25) is 9.55 Å². The molecule has 0 fully saturated rings. The molecule has 0 aliphatic heterocycles. The molecule has 0 bridgehead atoms. The largest absolute Gasteiger partial charge is 0.382 e. The first-order valence-corrected chi connectivity index (χ1v) is 6.26. The molecule has 0 unspecified atom stereocenters. The molecule has 2 N–H and O–H groups in total. The molecule has 0 saturated carbocycles. The summed E-state index contributed by atoms with van der Waals surface area (Å²) >= 11 is 0. The van der Waals surface area contributed by atoms with Crippen molar-refractivity contribution in [2.75, 3.05) is 5.73 Å². The number of nitrogen functional groups attached to an aromatic ring is 1. The number of nitrogens with two attached hydrogens (primary N) is 1. The third kappa shape index (κ3) is 3.03. The zero-order chi connectivity index (χ0) is 13.5. The number of benzene rings is 1. The van der Waals surface area contributed by atoms with Crippen molar-refractivity contribution in [3.05, 3.63) is 55.1 Å². The second kappa shape index (κ2) is 7.46. The first-order chi connectivity index (χ1) is 9.84. The Kier molecular flexibility index (Phi) is 6.15. The minimum atomic E-state index is 0. The van der Waals surface area contributed by atoms with Crippen LogP contribution in [0.4, 0.5) is 5.82 Å². The van der Waals surface area contributed by atoms with Crippen molar-refractivity contribution in [1.29, 1.82) is 0 Å². The predicted molar refractivity (Wildman–Crippen MR) is 100 cm³/mol. The number of halogens is 3. The molecule has 0 radical (unpaired) electrons. The molecule has 8 heteroatoms. The number of pyridine rings is 2. The van der Waals surface area contributed by atoms with Crippen LogP contribution in [0.1, 0.15) is 0 Å². The Morgan fingerprint density at radius 3 is 2.48 bits per heavy atom. The molecule has 0 aliphatic rings. The summed E-state index contributed by atoms with van der Waals surface area (Å²) < 4.78 is 1.99. The normalized spacial score (nSPS) is 9.74. The van der Waals surface area contributed by atoms with Gasteiger partial charge in [0, 0.05) is 11.6 Å². The van der Waals surface area contributed by atoms with Crippen LogP contribution in [0.2, 0.25) is 0 Å². The number of hydrogen-bond acceptors (Lipinski definition) is 4. The van der Waals surface area contributed by atoms with Crippen LogP contribution in [-0.2, 0) is 0 Å². The summed E-state index contributed by atoms with van der Waals surface area (Å²) in [5.74, 6) is 0.446. The van der Waals surface area contributed by atoms with Crippen LogP contribution in [0.15, 0.2) is 55.1 Å². The fourth-order valence-electron chi connectivity index (χ4n) is 2.44. The second-order valence-electron chi connectivity index (χ2n) is 4.54. The van der Waals surface area contributed by atoms with Gasteiger partial charge in [-0.1, -0.05) is 18.2 Å². The van der Waals surface area contributed by atoms with Gasteiger partial charge >= 0.3 is 0 Å². The lowest BCUT2D eigenvalue weighted by Gasteiger charge is -2.07. The molecule has 0 saturated heterocycles. The van der Waals surface area contributed by atoms with Crippen LogP contribution >= 0.6 is 37.2 Å². The maximum Gasteiger partial charge on any atom is 0.152 e. The standard InChI is InChI=1S/C15H11N5.3ClH/c16-15-13-14(11-5-1-2-6-12(11)19-15)20(9-18-13)10-4-3-7-17-8-10;;;/h1-9H,(H2,16,19);3*1H. The van der Waals surface area contributed by atoms with Gasteiger partial charge in [0.05, 0.1) is 22.9 Å². The molecule has 0 spiro atoms. The fraction of sp³-hybridized carbons (Fsp3) is 0. The molecular formula is C15H14Cl3N5. The van der Waals surface area contributed by atoms with Gasteiger partial charge in [-0.15, -0.1) is 37.2 Å². The summed E-state index contributed by atoms with van der Waals surface area (Å²) in [7, 11) is 0. The predicted octanol–water partition coefficient (Wildman–Crippen LogP) is 3.82. The van der Waals surface area contributed by atoms with E-state index in [-0.39, 0.29) is 37.2 Å². The number of fused-ring (bicyclic) bond motifs is 3. The smallest absolute Gasteiger partial charge is 0.152 e. The zero-order valence-electron chi connectivity index (χ0n) is 11.8. The Hall–Kier alpha value is -2.08. The van der Waals surface area contributed by atoms with E-state index in [4.69, 9.17) is 5.73 Å². The lowest BCUT2D eigenvalue weighted by atomic mass is 10.2. The molecule has 4 rings (SSSR count). The molecule has 1 aromatic carbocycles. The van der Waals surface area contributed by atoms with Crippen molar-refractivity contribution in [2.24, 2.45) is 0 Å². The summed E-state index contributed by atoms with van der Waals surface area (Å²) in [6.45, 7) is 0. The Labute approximate surface area is 151 Å². The minimum absolute atomic E-state index is 0. The zero-order valence-corrected chi connectivity index (χ0v) is 14.2. The highest BCUT2D eigenvalue weighted by Gasteiger charge is 2.12. The lowest BCUT2D eigenvalue weighted by Crippen LogP contribution is -1.96. The van der Waals surface area contributed by atoms with Gasteiger partial charge in [-0.05, 0) is 18.2 Å². The summed E-state index contributed by atoms with van der Waals surface area (Å²) in [4.78, 5) is 12.9. The van der Waals surface area contributed by atoms with Gasteiger partial charge in [0.2, 0.25) is 0 Å². The quantitative estimate of drug-likeness (QED) is 0.553. The van der Waals surface area contributed by atoms with Gasteiger partial charge in [-0.2, -0.15) is 0 Å². The maximum atomic E-state index is 6.01. The first-order valence-electron chi connectivity index (χ1n) is 6.26. The topological polar surface area (TPSA) is 69.6 Å². The third-order valence-corrected chi connectivity index (χ3v) is 3.33.